The molecular weight excluding hydrogens is 504 g/mol. The molecule has 40 heavy (non-hydrogen) atoms. The van der Waals surface area contributed by atoms with Crippen LogP contribution in [0.15, 0.2) is 102 Å². The van der Waals surface area contributed by atoms with Gasteiger partial charge in [-0.3, -0.25) is 4.57 Å². The van der Waals surface area contributed by atoms with Gasteiger partial charge in [-0.25, -0.2) is 4.98 Å². The van der Waals surface area contributed by atoms with Crippen molar-refractivity contribution in [3.05, 3.63) is 108 Å². The zero-order chi connectivity index (χ0) is 26.8. The number of fused-ring (bicyclic) bond motifs is 6. The number of rotatable bonds is 3. The van der Waals surface area contributed by atoms with Crippen molar-refractivity contribution in [3.8, 4) is 28.7 Å². The summed E-state index contributed by atoms with van der Waals surface area (Å²) in [4.78, 5) is 15.2. The van der Waals surface area contributed by atoms with Crippen LogP contribution >= 0.6 is 0 Å². The molecule has 0 radical (unpaired) electrons. The fraction of sp³-hybridized carbons (Fsp3) is 0.171. The van der Waals surface area contributed by atoms with Crippen molar-refractivity contribution in [2.75, 3.05) is 0 Å². The van der Waals surface area contributed by atoms with Gasteiger partial charge in [-0.2, -0.15) is 9.97 Å². The van der Waals surface area contributed by atoms with E-state index in [1.807, 2.05) is 36.4 Å². The average Bonchev–Trinajstić information content (AvgIpc) is 3.47. The maximum Gasteiger partial charge on any atom is 0.238 e. The van der Waals surface area contributed by atoms with E-state index in [-0.39, 0.29) is 0 Å². The Balaban J connectivity index is 1.46. The summed E-state index contributed by atoms with van der Waals surface area (Å²) in [6, 6.07) is 34.0. The highest BCUT2D eigenvalue weighted by molar-refractivity contribution is 6.98. The standard InChI is InChI=1S/C35H30N4Si/c1-40(2)29-20-12-10-18-26(29)32-30(40)22-21-28-31(32)25-17-9-11-19-27(25)39(28)35-37-33(23-13-5-3-6-14-23)36-34(38-35)24-15-7-4-8-16-24/h3-9,11,13-17,19,21-22H,10,12,18,20H2,1-2H3. The van der Waals surface area contributed by atoms with Gasteiger partial charge in [0.15, 0.2) is 11.6 Å². The van der Waals surface area contributed by atoms with E-state index >= 15 is 0 Å². The lowest BCUT2D eigenvalue weighted by Crippen LogP contribution is -2.41. The van der Waals surface area contributed by atoms with Crippen molar-refractivity contribution < 1.29 is 0 Å². The van der Waals surface area contributed by atoms with E-state index in [1.165, 1.54) is 47.5 Å². The van der Waals surface area contributed by atoms with Crippen molar-refractivity contribution in [2.45, 2.75) is 38.8 Å². The number of hydrogen-bond donors (Lipinski definition) is 0. The fourth-order valence-electron chi connectivity index (χ4n) is 7.04. The molecule has 6 aromatic rings. The molecule has 1 aliphatic heterocycles. The largest absolute Gasteiger partial charge is 0.278 e. The summed E-state index contributed by atoms with van der Waals surface area (Å²) in [5.74, 6) is 2.02. The molecule has 0 saturated carbocycles. The summed E-state index contributed by atoms with van der Waals surface area (Å²) in [6.45, 7) is 5.10. The Kier molecular flexibility index (Phi) is 5.19. The summed E-state index contributed by atoms with van der Waals surface area (Å²) in [7, 11) is -1.67. The molecule has 194 valence electrons. The average molecular weight is 535 g/mol. The molecule has 0 spiro atoms. The number of hydrogen-bond acceptors (Lipinski definition) is 3. The predicted molar refractivity (Wildman–Crippen MR) is 168 cm³/mol. The summed E-state index contributed by atoms with van der Waals surface area (Å²) >= 11 is 0. The first-order chi connectivity index (χ1) is 19.6. The van der Waals surface area contributed by atoms with Crippen LogP contribution in [0.2, 0.25) is 13.1 Å². The third-order valence-electron chi connectivity index (χ3n) is 8.92. The Labute approximate surface area is 235 Å². The molecular formula is C35H30N4Si. The quantitative estimate of drug-likeness (QED) is 0.216. The molecule has 0 bridgehead atoms. The van der Waals surface area contributed by atoms with Gasteiger partial charge in [-0.15, -0.1) is 0 Å². The maximum absolute atomic E-state index is 5.11. The summed E-state index contributed by atoms with van der Waals surface area (Å²) in [5, 5.41) is 6.02. The van der Waals surface area contributed by atoms with Gasteiger partial charge in [0.05, 0.1) is 11.0 Å². The van der Waals surface area contributed by atoms with Crippen LogP contribution in [0.5, 0.6) is 0 Å². The third-order valence-corrected chi connectivity index (χ3v) is 12.7. The second kappa shape index (κ2) is 8.83. The number of benzene rings is 4. The van der Waals surface area contributed by atoms with E-state index in [1.54, 1.807) is 16.0 Å². The highest BCUT2D eigenvalue weighted by Gasteiger charge is 2.41. The smallest absolute Gasteiger partial charge is 0.238 e. The van der Waals surface area contributed by atoms with Crippen molar-refractivity contribution in [1.29, 1.82) is 0 Å². The number of aromatic nitrogens is 4. The number of nitrogens with zero attached hydrogens (tertiary/aromatic N) is 4. The van der Waals surface area contributed by atoms with Gasteiger partial charge < -0.3 is 0 Å². The zero-order valence-electron chi connectivity index (χ0n) is 22.9. The van der Waals surface area contributed by atoms with Gasteiger partial charge in [0.2, 0.25) is 5.95 Å². The molecule has 1 aliphatic carbocycles. The van der Waals surface area contributed by atoms with E-state index in [4.69, 9.17) is 15.0 Å². The lowest BCUT2D eigenvalue weighted by atomic mass is 9.91. The van der Waals surface area contributed by atoms with E-state index in [0.29, 0.717) is 17.6 Å². The van der Waals surface area contributed by atoms with Crippen molar-refractivity contribution in [2.24, 2.45) is 0 Å². The number of para-hydroxylation sites is 1. The van der Waals surface area contributed by atoms with E-state index in [9.17, 15) is 0 Å². The first-order valence-corrected chi connectivity index (χ1v) is 17.3. The molecule has 5 heteroatoms. The van der Waals surface area contributed by atoms with Crippen molar-refractivity contribution in [1.82, 2.24) is 19.5 Å². The van der Waals surface area contributed by atoms with Gasteiger partial charge in [0.1, 0.15) is 8.07 Å². The molecule has 0 amide bonds. The molecule has 0 unspecified atom stereocenters. The molecule has 0 N–H and O–H groups in total. The van der Waals surface area contributed by atoms with Crippen LogP contribution in [0.25, 0.3) is 56.1 Å². The predicted octanol–water partition coefficient (Wildman–Crippen LogP) is 8.10. The normalized spacial score (nSPS) is 15.9. The molecule has 3 heterocycles. The zero-order valence-corrected chi connectivity index (χ0v) is 23.9. The second-order valence-corrected chi connectivity index (χ2v) is 15.9. The topological polar surface area (TPSA) is 43.6 Å². The molecule has 2 aromatic heterocycles. The summed E-state index contributed by atoms with van der Waals surface area (Å²) in [5.41, 5.74) is 7.42. The second-order valence-electron chi connectivity index (χ2n) is 11.5. The first-order valence-electron chi connectivity index (χ1n) is 14.3. The van der Waals surface area contributed by atoms with E-state index in [2.05, 4.69) is 78.3 Å². The van der Waals surface area contributed by atoms with Gasteiger partial charge in [0, 0.05) is 21.9 Å². The Bertz CT molecular complexity index is 1910. The molecule has 0 fully saturated rings. The van der Waals surface area contributed by atoms with Crippen LogP contribution in [-0.2, 0) is 0 Å². The fourth-order valence-corrected chi connectivity index (χ4v) is 10.6. The monoisotopic (exact) mass is 534 g/mol. The van der Waals surface area contributed by atoms with Crippen LogP contribution in [-0.4, -0.2) is 27.6 Å². The molecule has 0 saturated heterocycles. The van der Waals surface area contributed by atoms with Gasteiger partial charge in [-0.1, -0.05) is 103 Å². The third kappa shape index (κ3) is 3.40. The number of allylic oxidation sites excluding steroid dienone is 2. The van der Waals surface area contributed by atoms with Crippen LogP contribution < -0.4 is 5.19 Å². The van der Waals surface area contributed by atoms with Crippen LogP contribution in [0.4, 0.5) is 0 Å². The van der Waals surface area contributed by atoms with E-state index < -0.39 is 8.07 Å². The highest BCUT2D eigenvalue weighted by Crippen LogP contribution is 2.47. The molecule has 2 aliphatic rings. The van der Waals surface area contributed by atoms with Crippen LogP contribution in [0.1, 0.15) is 31.2 Å². The highest BCUT2D eigenvalue weighted by atomic mass is 28.3. The van der Waals surface area contributed by atoms with Crippen LogP contribution in [0, 0.1) is 0 Å². The lowest BCUT2D eigenvalue weighted by molar-refractivity contribution is 0.733. The molecule has 0 atom stereocenters. The maximum atomic E-state index is 5.11. The lowest BCUT2D eigenvalue weighted by Gasteiger charge is -2.24. The van der Waals surface area contributed by atoms with E-state index in [0.717, 1.165) is 16.6 Å². The minimum absolute atomic E-state index is 0.659. The molecule has 4 nitrogen and oxygen atoms in total. The SMILES string of the molecule is C[Si]1(C)C2=C(CCCC2)c2c1ccc1c2c2ccccc2n1-c1nc(-c2ccccc2)nc(-c2ccccc2)n1. The summed E-state index contributed by atoms with van der Waals surface area (Å²) < 4.78 is 2.27. The first kappa shape index (κ1) is 23.5. The Morgan fingerprint density at radius 1 is 0.625 bits per heavy atom. The van der Waals surface area contributed by atoms with Gasteiger partial charge in [0.25, 0.3) is 0 Å². The minimum atomic E-state index is -1.67. The Morgan fingerprint density at radius 3 is 1.95 bits per heavy atom. The van der Waals surface area contributed by atoms with Gasteiger partial charge >= 0.3 is 0 Å². The van der Waals surface area contributed by atoms with Gasteiger partial charge in [-0.05, 0) is 54.1 Å². The Morgan fingerprint density at radius 2 is 1.25 bits per heavy atom. The minimum Gasteiger partial charge on any atom is -0.278 e. The van der Waals surface area contributed by atoms with Crippen molar-refractivity contribution in [3.63, 3.8) is 0 Å². The Hall–Kier alpha value is -4.35. The van der Waals surface area contributed by atoms with Crippen molar-refractivity contribution >= 4 is 40.6 Å². The summed E-state index contributed by atoms with van der Waals surface area (Å²) in [6.07, 6.45) is 5.06. The molecule has 8 rings (SSSR count). The molecule has 4 aromatic carbocycles. The van der Waals surface area contributed by atoms with Crippen LogP contribution in [0.3, 0.4) is 0 Å².